The molecule has 0 fully saturated rings. The van der Waals surface area contributed by atoms with E-state index in [9.17, 15) is 4.79 Å². The standard InChI is InChI=1S/C11H16N2O2/c1-3-13(2)11(14)8-15-10-6-4-9(12)5-7-10/h4-7H,3,8,12H2,1-2H3. The van der Waals surface area contributed by atoms with E-state index >= 15 is 0 Å². The minimum absolute atomic E-state index is 0.0330. The summed E-state index contributed by atoms with van der Waals surface area (Å²) < 4.78 is 5.30. The van der Waals surface area contributed by atoms with E-state index in [0.717, 1.165) is 0 Å². The first-order chi connectivity index (χ1) is 7.13. The molecular formula is C11H16N2O2. The minimum Gasteiger partial charge on any atom is -0.484 e. The van der Waals surface area contributed by atoms with Gasteiger partial charge >= 0.3 is 0 Å². The van der Waals surface area contributed by atoms with Crippen LogP contribution in [0.25, 0.3) is 0 Å². The van der Waals surface area contributed by atoms with Crippen molar-refractivity contribution in [2.45, 2.75) is 6.92 Å². The molecule has 0 spiro atoms. The zero-order valence-corrected chi connectivity index (χ0v) is 9.06. The van der Waals surface area contributed by atoms with Gasteiger partial charge in [0.2, 0.25) is 0 Å². The minimum atomic E-state index is -0.0330. The molecule has 1 amide bonds. The number of nitrogens with two attached hydrogens (primary N) is 1. The molecule has 4 heteroatoms. The third kappa shape index (κ3) is 3.50. The first kappa shape index (κ1) is 11.4. The number of nitrogen functional groups attached to an aromatic ring is 1. The van der Waals surface area contributed by atoms with Crippen molar-refractivity contribution in [1.29, 1.82) is 0 Å². The van der Waals surface area contributed by atoms with Gasteiger partial charge in [0.05, 0.1) is 0 Å². The predicted octanol–water partition coefficient (Wildman–Crippen LogP) is 1.13. The van der Waals surface area contributed by atoms with Crippen LogP contribution in [-0.2, 0) is 4.79 Å². The second kappa shape index (κ2) is 5.24. The van der Waals surface area contributed by atoms with E-state index in [2.05, 4.69) is 0 Å². The van der Waals surface area contributed by atoms with Crippen LogP contribution in [0.3, 0.4) is 0 Å². The largest absolute Gasteiger partial charge is 0.484 e. The Bertz CT molecular complexity index is 322. The van der Waals surface area contributed by atoms with Crippen LogP contribution in [0.5, 0.6) is 5.75 Å². The fourth-order valence-electron chi connectivity index (χ4n) is 0.996. The zero-order chi connectivity index (χ0) is 11.3. The van der Waals surface area contributed by atoms with Gasteiger partial charge in [-0.3, -0.25) is 4.79 Å². The summed E-state index contributed by atoms with van der Waals surface area (Å²) in [6.07, 6.45) is 0. The molecule has 2 N–H and O–H groups in total. The number of anilines is 1. The normalized spacial score (nSPS) is 9.73. The number of likely N-dealkylation sites (N-methyl/N-ethyl adjacent to an activating group) is 1. The Morgan fingerprint density at radius 3 is 2.53 bits per heavy atom. The van der Waals surface area contributed by atoms with Crippen molar-refractivity contribution in [3.63, 3.8) is 0 Å². The Balaban J connectivity index is 2.43. The Kier molecular flexibility index (Phi) is 3.97. The van der Waals surface area contributed by atoms with Gasteiger partial charge in [-0.05, 0) is 31.2 Å². The van der Waals surface area contributed by atoms with Crippen LogP contribution in [0.1, 0.15) is 6.92 Å². The molecule has 0 heterocycles. The van der Waals surface area contributed by atoms with Crippen LogP contribution in [0.4, 0.5) is 5.69 Å². The van der Waals surface area contributed by atoms with Gasteiger partial charge in [0.15, 0.2) is 6.61 Å². The van der Waals surface area contributed by atoms with Crippen molar-refractivity contribution >= 4 is 11.6 Å². The predicted molar refractivity (Wildman–Crippen MR) is 59.7 cm³/mol. The number of benzene rings is 1. The van der Waals surface area contributed by atoms with Gasteiger partial charge in [-0.2, -0.15) is 0 Å². The molecule has 4 nitrogen and oxygen atoms in total. The highest BCUT2D eigenvalue weighted by atomic mass is 16.5. The first-order valence-electron chi connectivity index (χ1n) is 4.85. The smallest absolute Gasteiger partial charge is 0.260 e. The number of hydrogen-bond donors (Lipinski definition) is 1. The van der Waals surface area contributed by atoms with E-state index in [1.165, 1.54) is 0 Å². The highest BCUT2D eigenvalue weighted by molar-refractivity contribution is 5.77. The van der Waals surface area contributed by atoms with Gasteiger partial charge in [-0.25, -0.2) is 0 Å². The van der Waals surface area contributed by atoms with Crippen molar-refractivity contribution in [3.05, 3.63) is 24.3 Å². The Morgan fingerprint density at radius 1 is 1.40 bits per heavy atom. The molecule has 15 heavy (non-hydrogen) atoms. The maximum atomic E-state index is 11.4. The second-order valence-corrected chi connectivity index (χ2v) is 3.27. The summed E-state index contributed by atoms with van der Waals surface area (Å²) in [6, 6.07) is 6.97. The van der Waals surface area contributed by atoms with Gasteiger partial charge in [-0.15, -0.1) is 0 Å². The molecule has 0 unspecified atom stereocenters. The summed E-state index contributed by atoms with van der Waals surface area (Å²) >= 11 is 0. The van der Waals surface area contributed by atoms with Crippen molar-refractivity contribution < 1.29 is 9.53 Å². The van der Waals surface area contributed by atoms with Crippen LogP contribution in [0, 0.1) is 0 Å². The Morgan fingerprint density at radius 2 is 2.00 bits per heavy atom. The number of carbonyl (C=O) groups is 1. The molecule has 0 aliphatic carbocycles. The van der Waals surface area contributed by atoms with Gasteiger partial charge in [0.25, 0.3) is 5.91 Å². The van der Waals surface area contributed by atoms with Crippen molar-refractivity contribution in [2.75, 3.05) is 25.9 Å². The quantitative estimate of drug-likeness (QED) is 0.754. The maximum absolute atomic E-state index is 11.4. The van der Waals surface area contributed by atoms with Crippen LogP contribution >= 0.6 is 0 Å². The van der Waals surface area contributed by atoms with Crippen LogP contribution in [-0.4, -0.2) is 31.0 Å². The number of rotatable bonds is 4. The molecular weight excluding hydrogens is 192 g/mol. The third-order valence-corrected chi connectivity index (χ3v) is 2.14. The topological polar surface area (TPSA) is 55.6 Å². The first-order valence-corrected chi connectivity index (χ1v) is 4.85. The molecule has 0 bridgehead atoms. The van der Waals surface area contributed by atoms with Gasteiger partial charge in [0.1, 0.15) is 5.75 Å². The molecule has 1 aromatic carbocycles. The van der Waals surface area contributed by atoms with E-state index in [4.69, 9.17) is 10.5 Å². The monoisotopic (exact) mass is 208 g/mol. The third-order valence-electron chi connectivity index (χ3n) is 2.14. The number of hydrogen-bond acceptors (Lipinski definition) is 3. The highest BCUT2D eigenvalue weighted by Gasteiger charge is 2.06. The van der Waals surface area contributed by atoms with Gasteiger partial charge in [0, 0.05) is 19.3 Å². The van der Waals surface area contributed by atoms with E-state index in [0.29, 0.717) is 18.0 Å². The van der Waals surface area contributed by atoms with Crippen LogP contribution in [0.15, 0.2) is 24.3 Å². The van der Waals surface area contributed by atoms with Gasteiger partial charge in [-0.1, -0.05) is 0 Å². The molecule has 0 saturated heterocycles. The lowest BCUT2D eigenvalue weighted by Crippen LogP contribution is -2.31. The number of ether oxygens (including phenoxy) is 1. The average Bonchev–Trinajstić information content (AvgIpc) is 2.26. The lowest BCUT2D eigenvalue weighted by atomic mass is 10.3. The lowest BCUT2D eigenvalue weighted by molar-refractivity contribution is -0.131. The lowest BCUT2D eigenvalue weighted by Gasteiger charge is -2.14. The Labute approximate surface area is 89.6 Å². The SMILES string of the molecule is CCN(C)C(=O)COc1ccc(N)cc1. The van der Waals surface area contributed by atoms with Crippen LogP contribution < -0.4 is 10.5 Å². The number of nitrogens with zero attached hydrogens (tertiary/aromatic N) is 1. The zero-order valence-electron chi connectivity index (χ0n) is 9.06. The number of amides is 1. The average molecular weight is 208 g/mol. The van der Waals surface area contributed by atoms with E-state index in [-0.39, 0.29) is 12.5 Å². The molecule has 0 atom stereocenters. The van der Waals surface area contributed by atoms with Crippen LogP contribution in [0.2, 0.25) is 0 Å². The highest BCUT2D eigenvalue weighted by Crippen LogP contribution is 2.12. The molecule has 0 aliphatic rings. The summed E-state index contributed by atoms with van der Waals surface area (Å²) in [7, 11) is 1.74. The van der Waals surface area contributed by atoms with Gasteiger partial charge < -0.3 is 15.4 Å². The summed E-state index contributed by atoms with van der Waals surface area (Å²) in [5, 5.41) is 0. The van der Waals surface area contributed by atoms with E-state index in [1.54, 1.807) is 36.2 Å². The summed E-state index contributed by atoms with van der Waals surface area (Å²) in [5.41, 5.74) is 6.20. The number of carbonyl (C=O) groups excluding carboxylic acids is 1. The summed E-state index contributed by atoms with van der Waals surface area (Å²) in [6.45, 7) is 2.67. The summed E-state index contributed by atoms with van der Waals surface area (Å²) in [5.74, 6) is 0.622. The van der Waals surface area contributed by atoms with E-state index < -0.39 is 0 Å². The second-order valence-electron chi connectivity index (χ2n) is 3.27. The van der Waals surface area contributed by atoms with Crippen molar-refractivity contribution in [1.82, 2.24) is 4.90 Å². The maximum Gasteiger partial charge on any atom is 0.260 e. The molecule has 0 radical (unpaired) electrons. The fraction of sp³-hybridized carbons (Fsp3) is 0.364. The van der Waals surface area contributed by atoms with E-state index in [1.807, 2.05) is 6.92 Å². The molecule has 0 aromatic heterocycles. The molecule has 0 aliphatic heterocycles. The summed E-state index contributed by atoms with van der Waals surface area (Å²) in [4.78, 5) is 13.0. The molecule has 1 aromatic rings. The fourth-order valence-corrected chi connectivity index (χ4v) is 0.996. The van der Waals surface area contributed by atoms with Crippen molar-refractivity contribution in [3.8, 4) is 5.75 Å². The Hall–Kier alpha value is -1.71. The van der Waals surface area contributed by atoms with Crippen molar-refractivity contribution in [2.24, 2.45) is 0 Å². The molecule has 0 saturated carbocycles. The molecule has 1 rings (SSSR count). The molecule has 82 valence electrons.